The van der Waals surface area contributed by atoms with Crippen LogP contribution in [0.2, 0.25) is 0 Å². The Hall–Kier alpha value is -3.08. The predicted octanol–water partition coefficient (Wildman–Crippen LogP) is 4.73. The van der Waals surface area contributed by atoms with Crippen LogP contribution < -0.4 is 10.1 Å². The van der Waals surface area contributed by atoms with Crippen molar-refractivity contribution in [3.63, 3.8) is 0 Å². The summed E-state index contributed by atoms with van der Waals surface area (Å²) in [7, 11) is 1.62. The Kier molecular flexibility index (Phi) is 5.37. The van der Waals surface area contributed by atoms with Gasteiger partial charge in [0.1, 0.15) is 11.3 Å². The van der Waals surface area contributed by atoms with Crippen LogP contribution in [0.4, 0.5) is 11.4 Å². The van der Waals surface area contributed by atoms with E-state index in [1.54, 1.807) is 20.2 Å². The van der Waals surface area contributed by atoms with Crippen LogP contribution in [0.15, 0.2) is 48.7 Å². The van der Waals surface area contributed by atoms with Crippen LogP contribution in [-0.2, 0) is 11.2 Å². The fraction of sp³-hybridized carbons (Fsp3) is 0.238. The van der Waals surface area contributed by atoms with Crippen LogP contribution in [0.5, 0.6) is 5.75 Å². The molecule has 0 saturated heterocycles. The van der Waals surface area contributed by atoms with E-state index in [4.69, 9.17) is 9.47 Å². The first-order chi connectivity index (χ1) is 12.7. The number of pyridine rings is 1. The van der Waals surface area contributed by atoms with Crippen LogP contribution in [0, 0.1) is 0 Å². The molecule has 26 heavy (non-hydrogen) atoms. The SMILES string of the molecule is CCOC(=O)c1cnc2ccc(CC)cc2c1Nc1cccc(OC)c1. The molecule has 0 aliphatic heterocycles. The number of nitrogens with zero attached hydrogens (tertiary/aromatic N) is 1. The minimum atomic E-state index is -0.394. The first kappa shape index (κ1) is 17.7. The van der Waals surface area contributed by atoms with E-state index in [9.17, 15) is 4.79 Å². The third kappa shape index (κ3) is 3.61. The number of anilines is 2. The minimum absolute atomic E-state index is 0.310. The molecule has 0 aliphatic rings. The molecule has 1 heterocycles. The van der Waals surface area contributed by atoms with E-state index in [-0.39, 0.29) is 0 Å². The summed E-state index contributed by atoms with van der Waals surface area (Å²) >= 11 is 0. The van der Waals surface area contributed by atoms with E-state index in [0.717, 1.165) is 28.8 Å². The number of esters is 1. The molecule has 0 fully saturated rings. The summed E-state index contributed by atoms with van der Waals surface area (Å²) in [5.74, 6) is 0.342. The minimum Gasteiger partial charge on any atom is -0.497 e. The highest BCUT2D eigenvalue weighted by Gasteiger charge is 2.17. The Morgan fingerprint density at radius 3 is 2.73 bits per heavy atom. The van der Waals surface area contributed by atoms with Crippen LogP contribution in [0.3, 0.4) is 0 Å². The highest BCUT2D eigenvalue weighted by molar-refractivity contribution is 6.06. The van der Waals surface area contributed by atoms with Crippen molar-refractivity contribution < 1.29 is 14.3 Å². The summed E-state index contributed by atoms with van der Waals surface area (Å²) in [4.78, 5) is 16.9. The molecule has 0 atom stereocenters. The fourth-order valence-electron chi connectivity index (χ4n) is 2.80. The molecule has 0 unspecified atom stereocenters. The number of hydrogen-bond donors (Lipinski definition) is 1. The highest BCUT2D eigenvalue weighted by Crippen LogP contribution is 2.31. The maximum Gasteiger partial charge on any atom is 0.341 e. The standard InChI is InChI=1S/C21H22N2O3/c1-4-14-9-10-19-17(11-14)20(18(13-22-19)21(24)26-5-2)23-15-7-6-8-16(12-15)25-3/h6-13H,4-5H2,1-3H3,(H,22,23). The number of ether oxygens (including phenoxy) is 2. The van der Waals surface area contributed by atoms with Crippen molar-refractivity contribution in [2.45, 2.75) is 20.3 Å². The number of aromatic nitrogens is 1. The average molecular weight is 350 g/mol. The van der Waals surface area contributed by atoms with E-state index in [0.29, 0.717) is 17.9 Å². The first-order valence-electron chi connectivity index (χ1n) is 8.66. The van der Waals surface area contributed by atoms with Crippen molar-refractivity contribution >= 4 is 28.2 Å². The van der Waals surface area contributed by atoms with E-state index in [1.807, 2.05) is 30.3 Å². The van der Waals surface area contributed by atoms with E-state index >= 15 is 0 Å². The number of fused-ring (bicyclic) bond motifs is 1. The summed E-state index contributed by atoms with van der Waals surface area (Å²) in [6, 6.07) is 13.7. The van der Waals surface area contributed by atoms with Gasteiger partial charge in [-0.1, -0.05) is 19.1 Å². The average Bonchev–Trinajstić information content (AvgIpc) is 2.68. The second-order valence-electron chi connectivity index (χ2n) is 5.83. The number of benzene rings is 2. The Morgan fingerprint density at radius 2 is 2.00 bits per heavy atom. The molecule has 0 radical (unpaired) electrons. The van der Waals surface area contributed by atoms with Gasteiger partial charge < -0.3 is 14.8 Å². The molecule has 0 saturated carbocycles. The summed E-state index contributed by atoms with van der Waals surface area (Å²) in [5.41, 5.74) is 3.92. The fourth-order valence-corrected chi connectivity index (χ4v) is 2.80. The molecular formula is C21H22N2O3. The van der Waals surface area contributed by atoms with Crippen LogP contribution in [0.25, 0.3) is 10.9 Å². The molecule has 5 nitrogen and oxygen atoms in total. The number of carbonyl (C=O) groups excluding carboxylic acids is 1. The third-order valence-corrected chi connectivity index (χ3v) is 4.18. The van der Waals surface area contributed by atoms with Crippen molar-refractivity contribution in [1.29, 1.82) is 0 Å². The van der Waals surface area contributed by atoms with Crippen LogP contribution in [0.1, 0.15) is 29.8 Å². The topological polar surface area (TPSA) is 60.5 Å². The largest absolute Gasteiger partial charge is 0.497 e. The lowest BCUT2D eigenvalue weighted by Gasteiger charge is -2.15. The van der Waals surface area contributed by atoms with Gasteiger partial charge in [-0.3, -0.25) is 4.98 Å². The predicted molar refractivity (Wildman–Crippen MR) is 103 cm³/mol. The maximum absolute atomic E-state index is 12.5. The number of aryl methyl sites for hydroxylation is 1. The Labute approximate surface area is 153 Å². The Balaban J connectivity index is 2.16. The number of nitrogens with one attached hydrogen (secondary N) is 1. The number of rotatable bonds is 6. The van der Waals surface area contributed by atoms with E-state index in [1.165, 1.54) is 5.56 Å². The van der Waals surface area contributed by atoms with Gasteiger partial charge in [0.15, 0.2) is 0 Å². The van der Waals surface area contributed by atoms with Crippen LogP contribution >= 0.6 is 0 Å². The molecule has 0 aliphatic carbocycles. The van der Waals surface area contributed by atoms with Gasteiger partial charge in [0.25, 0.3) is 0 Å². The number of carbonyl (C=O) groups is 1. The zero-order valence-electron chi connectivity index (χ0n) is 15.2. The van der Waals surface area contributed by atoms with Crippen molar-refractivity contribution in [3.8, 4) is 5.75 Å². The monoisotopic (exact) mass is 350 g/mol. The van der Waals surface area contributed by atoms with Crippen molar-refractivity contribution in [2.24, 2.45) is 0 Å². The van der Waals surface area contributed by atoms with Gasteiger partial charge in [0, 0.05) is 23.3 Å². The molecule has 5 heteroatoms. The maximum atomic E-state index is 12.5. The molecule has 3 aromatic rings. The van der Waals surface area contributed by atoms with Crippen molar-refractivity contribution in [2.75, 3.05) is 19.0 Å². The molecular weight excluding hydrogens is 328 g/mol. The smallest absolute Gasteiger partial charge is 0.341 e. The number of methoxy groups -OCH3 is 1. The molecule has 0 spiro atoms. The van der Waals surface area contributed by atoms with Gasteiger partial charge in [-0.05, 0) is 43.2 Å². The van der Waals surface area contributed by atoms with E-state index < -0.39 is 5.97 Å². The highest BCUT2D eigenvalue weighted by atomic mass is 16.5. The summed E-state index contributed by atoms with van der Waals surface area (Å²) in [6.07, 6.45) is 2.46. The van der Waals surface area contributed by atoms with E-state index in [2.05, 4.69) is 29.4 Å². The zero-order chi connectivity index (χ0) is 18.5. The first-order valence-corrected chi connectivity index (χ1v) is 8.66. The van der Waals surface area contributed by atoms with Crippen molar-refractivity contribution in [1.82, 2.24) is 4.98 Å². The van der Waals surface area contributed by atoms with Gasteiger partial charge in [0.05, 0.1) is 24.9 Å². The molecule has 1 N–H and O–H groups in total. The molecule has 134 valence electrons. The van der Waals surface area contributed by atoms with Crippen LogP contribution in [-0.4, -0.2) is 24.7 Å². The lowest BCUT2D eigenvalue weighted by Crippen LogP contribution is -2.09. The molecule has 0 bridgehead atoms. The van der Waals surface area contributed by atoms with Gasteiger partial charge in [-0.2, -0.15) is 0 Å². The molecule has 0 amide bonds. The van der Waals surface area contributed by atoms with Crippen molar-refractivity contribution in [3.05, 3.63) is 59.8 Å². The molecule has 2 aromatic carbocycles. The second kappa shape index (κ2) is 7.87. The number of hydrogen-bond acceptors (Lipinski definition) is 5. The Bertz CT molecular complexity index is 938. The normalized spacial score (nSPS) is 10.6. The summed E-state index contributed by atoms with van der Waals surface area (Å²) < 4.78 is 10.5. The lowest BCUT2D eigenvalue weighted by atomic mass is 10.0. The Morgan fingerprint density at radius 1 is 1.15 bits per heavy atom. The second-order valence-corrected chi connectivity index (χ2v) is 5.83. The van der Waals surface area contributed by atoms with Gasteiger partial charge in [-0.25, -0.2) is 4.79 Å². The van der Waals surface area contributed by atoms with Gasteiger partial charge >= 0.3 is 5.97 Å². The molecule has 1 aromatic heterocycles. The lowest BCUT2D eigenvalue weighted by molar-refractivity contribution is 0.0527. The quantitative estimate of drug-likeness (QED) is 0.652. The summed E-state index contributed by atoms with van der Waals surface area (Å²) in [5, 5.41) is 4.25. The molecule has 3 rings (SSSR count). The summed E-state index contributed by atoms with van der Waals surface area (Å²) in [6.45, 7) is 4.19. The third-order valence-electron chi connectivity index (χ3n) is 4.18. The van der Waals surface area contributed by atoms with Gasteiger partial charge in [-0.15, -0.1) is 0 Å². The van der Waals surface area contributed by atoms with Gasteiger partial charge in [0.2, 0.25) is 0 Å². The zero-order valence-corrected chi connectivity index (χ0v) is 15.2.